The Hall–Kier alpha value is -2.24. The quantitative estimate of drug-likeness (QED) is 0.311. The van der Waals surface area contributed by atoms with Crippen LogP contribution in [0.5, 0.6) is 0 Å². The lowest BCUT2D eigenvalue weighted by atomic mass is 10.0. The predicted molar refractivity (Wildman–Crippen MR) is 144 cm³/mol. The molecule has 3 aromatic carbocycles. The van der Waals surface area contributed by atoms with Crippen LogP contribution in [0.1, 0.15) is 30.5 Å². The molecule has 3 aromatic rings. The van der Waals surface area contributed by atoms with Crippen LogP contribution in [-0.4, -0.2) is 28.8 Å². The molecule has 0 radical (unpaired) electrons. The number of nitrogens with zero attached hydrogens (tertiary/aromatic N) is 1. The average molecular weight is 552 g/mol. The van der Waals surface area contributed by atoms with E-state index in [0.29, 0.717) is 37.6 Å². The number of halogens is 4. The van der Waals surface area contributed by atoms with Gasteiger partial charge in [0.1, 0.15) is 6.04 Å². The summed E-state index contributed by atoms with van der Waals surface area (Å²) in [5.74, 6) is -0.557. The van der Waals surface area contributed by atoms with Crippen molar-refractivity contribution in [3.63, 3.8) is 0 Å². The topological polar surface area (TPSA) is 49.4 Å². The number of hydrogen-bond donors (Lipinski definition) is 1. The molecule has 0 spiro atoms. The minimum atomic E-state index is -0.791. The summed E-state index contributed by atoms with van der Waals surface area (Å²) in [6, 6.07) is 18.8. The highest BCUT2D eigenvalue weighted by Crippen LogP contribution is 2.28. The van der Waals surface area contributed by atoms with Gasteiger partial charge in [-0.2, -0.15) is 0 Å². The van der Waals surface area contributed by atoms with E-state index in [1.54, 1.807) is 41.3 Å². The standard InChI is InChI=1S/C27H26Cl4N2O2/c1-17(2)32-27(35)25(13-18-7-4-3-5-8-18)33(16-19-11-12-20(28)14-24(19)31)26(34)15-21-22(29)9-6-10-23(21)30/h3-12,14,17,25H,13,15-16H2,1-2H3,(H,32,35). The minimum Gasteiger partial charge on any atom is -0.352 e. The lowest BCUT2D eigenvalue weighted by molar-refractivity contribution is -0.141. The van der Waals surface area contributed by atoms with Gasteiger partial charge in [-0.1, -0.05) is 88.9 Å². The Kier molecular flexibility index (Phi) is 9.88. The van der Waals surface area contributed by atoms with E-state index in [9.17, 15) is 9.59 Å². The Morgan fingerprint density at radius 2 is 1.51 bits per heavy atom. The molecule has 2 amide bonds. The van der Waals surface area contributed by atoms with Gasteiger partial charge in [-0.15, -0.1) is 0 Å². The Bertz CT molecular complexity index is 1160. The monoisotopic (exact) mass is 550 g/mol. The molecule has 1 unspecified atom stereocenters. The number of carbonyl (C=O) groups excluding carboxylic acids is 2. The second-order valence-electron chi connectivity index (χ2n) is 8.50. The van der Waals surface area contributed by atoms with Gasteiger partial charge >= 0.3 is 0 Å². The summed E-state index contributed by atoms with van der Waals surface area (Å²) in [5.41, 5.74) is 2.10. The van der Waals surface area contributed by atoms with Crippen LogP contribution in [-0.2, 0) is 29.0 Å². The van der Waals surface area contributed by atoms with Gasteiger partial charge in [-0.05, 0) is 54.8 Å². The smallest absolute Gasteiger partial charge is 0.243 e. The van der Waals surface area contributed by atoms with E-state index in [4.69, 9.17) is 46.4 Å². The van der Waals surface area contributed by atoms with Gasteiger partial charge in [-0.3, -0.25) is 9.59 Å². The minimum absolute atomic E-state index is 0.0655. The molecule has 35 heavy (non-hydrogen) atoms. The molecule has 0 saturated heterocycles. The highest BCUT2D eigenvalue weighted by Gasteiger charge is 2.31. The number of benzene rings is 3. The zero-order chi connectivity index (χ0) is 25.5. The average Bonchev–Trinajstić information content (AvgIpc) is 2.80. The Morgan fingerprint density at radius 1 is 0.857 bits per heavy atom. The Balaban J connectivity index is 2.04. The summed E-state index contributed by atoms with van der Waals surface area (Å²) in [6.45, 7) is 3.87. The van der Waals surface area contributed by atoms with Crippen LogP contribution in [0.3, 0.4) is 0 Å². The van der Waals surface area contributed by atoms with Gasteiger partial charge in [-0.25, -0.2) is 0 Å². The number of rotatable bonds is 9. The van der Waals surface area contributed by atoms with Crippen molar-refractivity contribution in [2.75, 3.05) is 0 Å². The molecule has 0 aliphatic carbocycles. The second kappa shape index (κ2) is 12.6. The number of amides is 2. The van der Waals surface area contributed by atoms with Crippen molar-refractivity contribution in [3.8, 4) is 0 Å². The fourth-order valence-corrected chi connectivity index (χ4v) is 4.72. The molecule has 1 N–H and O–H groups in total. The van der Waals surface area contributed by atoms with Crippen LogP contribution in [0.2, 0.25) is 20.1 Å². The molecule has 4 nitrogen and oxygen atoms in total. The molecule has 1 atom stereocenters. The summed E-state index contributed by atoms with van der Waals surface area (Å²) >= 11 is 25.2. The van der Waals surface area contributed by atoms with E-state index in [2.05, 4.69) is 5.32 Å². The van der Waals surface area contributed by atoms with Crippen molar-refractivity contribution in [2.45, 2.75) is 45.3 Å². The fraction of sp³-hybridized carbons (Fsp3) is 0.259. The van der Waals surface area contributed by atoms with Crippen molar-refractivity contribution in [3.05, 3.63) is 104 Å². The molecular weight excluding hydrogens is 526 g/mol. The first kappa shape index (κ1) is 27.3. The molecule has 0 saturated carbocycles. The maximum atomic E-state index is 13.8. The van der Waals surface area contributed by atoms with Gasteiger partial charge in [0.15, 0.2) is 0 Å². The molecule has 0 aliphatic heterocycles. The zero-order valence-corrected chi connectivity index (χ0v) is 22.4. The lowest BCUT2D eigenvalue weighted by Gasteiger charge is -2.32. The van der Waals surface area contributed by atoms with Gasteiger partial charge in [0, 0.05) is 39.1 Å². The van der Waals surface area contributed by atoms with Crippen molar-refractivity contribution in [2.24, 2.45) is 0 Å². The third kappa shape index (κ3) is 7.62. The first-order valence-electron chi connectivity index (χ1n) is 11.2. The molecule has 0 bridgehead atoms. The normalized spacial score (nSPS) is 11.9. The van der Waals surface area contributed by atoms with Crippen LogP contribution in [0, 0.1) is 0 Å². The predicted octanol–water partition coefficient (Wildman–Crippen LogP) is 7.01. The molecule has 184 valence electrons. The van der Waals surface area contributed by atoms with Crippen molar-refractivity contribution < 1.29 is 9.59 Å². The molecule has 8 heteroatoms. The molecule has 0 aliphatic rings. The maximum Gasteiger partial charge on any atom is 0.243 e. The van der Waals surface area contributed by atoms with Crippen LogP contribution in [0.4, 0.5) is 0 Å². The highest BCUT2D eigenvalue weighted by molar-refractivity contribution is 6.36. The first-order valence-corrected chi connectivity index (χ1v) is 12.7. The van der Waals surface area contributed by atoms with E-state index in [1.165, 1.54) is 0 Å². The van der Waals surface area contributed by atoms with E-state index in [0.717, 1.165) is 5.56 Å². The van der Waals surface area contributed by atoms with E-state index < -0.39 is 6.04 Å². The van der Waals surface area contributed by atoms with Gasteiger partial charge in [0.2, 0.25) is 11.8 Å². The fourth-order valence-electron chi connectivity index (χ4n) is 3.72. The number of nitrogens with one attached hydrogen (secondary N) is 1. The summed E-state index contributed by atoms with van der Waals surface area (Å²) in [7, 11) is 0. The largest absolute Gasteiger partial charge is 0.352 e. The van der Waals surface area contributed by atoms with Gasteiger partial charge in [0.25, 0.3) is 0 Å². The molecule has 0 heterocycles. The molecular formula is C27H26Cl4N2O2. The maximum absolute atomic E-state index is 13.8. The highest BCUT2D eigenvalue weighted by atomic mass is 35.5. The van der Waals surface area contributed by atoms with Gasteiger partial charge in [0.05, 0.1) is 6.42 Å². The second-order valence-corrected chi connectivity index (χ2v) is 10.2. The Labute approximate surface area is 226 Å². The van der Waals surface area contributed by atoms with Crippen LogP contribution in [0.25, 0.3) is 0 Å². The summed E-state index contributed by atoms with van der Waals surface area (Å²) in [4.78, 5) is 28.7. The Morgan fingerprint density at radius 3 is 2.11 bits per heavy atom. The molecule has 3 rings (SSSR count). The number of hydrogen-bond acceptors (Lipinski definition) is 2. The van der Waals surface area contributed by atoms with Crippen molar-refractivity contribution >= 4 is 58.2 Å². The van der Waals surface area contributed by atoms with E-state index in [-0.39, 0.29) is 30.8 Å². The van der Waals surface area contributed by atoms with Crippen molar-refractivity contribution in [1.82, 2.24) is 10.2 Å². The molecule has 0 aromatic heterocycles. The first-order chi connectivity index (χ1) is 16.7. The van der Waals surface area contributed by atoms with Crippen molar-refractivity contribution in [1.29, 1.82) is 0 Å². The number of carbonyl (C=O) groups is 2. The van der Waals surface area contributed by atoms with Crippen LogP contribution < -0.4 is 5.32 Å². The third-order valence-electron chi connectivity index (χ3n) is 5.45. The zero-order valence-electron chi connectivity index (χ0n) is 19.4. The van der Waals surface area contributed by atoms with Crippen LogP contribution >= 0.6 is 46.4 Å². The summed E-state index contributed by atoms with van der Waals surface area (Å²) in [6.07, 6.45) is 0.260. The van der Waals surface area contributed by atoms with Gasteiger partial charge < -0.3 is 10.2 Å². The van der Waals surface area contributed by atoms with E-state index >= 15 is 0 Å². The SMILES string of the molecule is CC(C)NC(=O)C(Cc1ccccc1)N(Cc1ccc(Cl)cc1Cl)C(=O)Cc1c(Cl)cccc1Cl. The third-order valence-corrected chi connectivity index (χ3v) is 6.74. The van der Waals surface area contributed by atoms with Crippen LogP contribution in [0.15, 0.2) is 66.7 Å². The summed E-state index contributed by atoms with van der Waals surface area (Å²) in [5, 5.41) is 4.63. The van der Waals surface area contributed by atoms with E-state index in [1.807, 2.05) is 44.2 Å². The lowest BCUT2D eigenvalue weighted by Crippen LogP contribution is -2.52. The summed E-state index contributed by atoms with van der Waals surface area (Å²) < 4.78 is 0. The molecule has 0 fully saturated rings.